The molecule has 0 spiro atoms. The number of rotatable bonds is 6. The van der Waals surface area contributed by atoms with E-state index in [1.165, 1.54) is 24.3 Å². The molecule has 0 bridgehead atoms. The van der Waals surface area contributed by atoms with E-state index in [4.69, 9.17) is 0 Å². The van der Waals surface area contributed by atoms with Gasteiger partial charge in [-0.05, 0) is 36.8 Å². The summed E-state index contributed by atoms with van der Waals surface area (Å²) in [4.78, 5) is 13.5. The first kappa shape index (κ1) is 18.5. The molecule has 2 rings (SSSR count). The van der Waals surface area contributed by atoms with Crippen molar-refractivity contribution in [3.05, 3.63) is 65.5 Å². The summed E-state index contributed by atoms with van der Waals surface area (Å²) in [5, 5.41) is 13.5. The van der Waals surface area contributed by atoms with Gasteiger partial charge in [-0.15, -0.1) is 11.8 Å². The zero-order valence-electron chi connectivity index (χ0n) is 14.0. The minimum Gasteiger partial charge on any atom is -0.386 e. The molecular weight excluding hydrogens is 325 g/mol. The maximum Gasteiger partial charge on any atom is 0.252 e. The number of benzene rings is 2. The molecule has 0 fully saturated rings. The van der Waals surface area contributed by atoms with Gasteiger partial charge in [-0.1, -0.05) is 38.1 Å². The van der Waals surface area contributed by atoms with E-state index < -0.39 is 12.1 Å². The third kappa shape index (κ3) is 4.82. The summed E-state index contributed by atoms with van der Waals surface area (Å²) < 4.78 is 13.0. The summed E-state index contributed by atoms with van der Waals surface area (Å²) in [6.07, 6.45) is -0.903. The first-order valence-electron chi connectivity index (χ1n) is 7.88. The third-order valence-electron chi connectivity index (χ3n) is 3.54. The molecule has 2 aromatic carbocycles. The van der Waals surface area contributed by atoms with Gasteiger partial charge in [-0.25, -0.2) is 4.39 Å². The number of halogens is 1. The SMILES string of the molecule is CC(C)Sc1ccccc1C(=O)NC(C)C(O)c1ccc(F)cc1. The minimum absolute atomic E-state index is 0.229. The third-order valence-corrected chi connectivity index (χ3v) is 4.62. The van der Waals surface area contributed by atoms with Crippen molar-refractivity contribution in [1.82, 2.24) is 5.32 Å². The Kier molecular flexibility index (Phi) is 6.40. The summed E-state index contributed by atoms with van der Waals surface area (Å²) >= 11 is 1.62. The normalized spacial score (nSPS) is 13.6. The zero-order chi connectivity index (χ0) is 17.7. The lowest BCUT2D eigenvalue weighted by atomic mass is 10.0. The molecule has 2 atom stereocenters. The largest absolute Gasteiger partial charge is 0.386 e. The van der Waals surface area contributed by atoms with Crippen LogP contribution in [0.3, 0.4) is 0 Å². The van der Waals surface area contributed by atoms with Crippen molar-refractivity contribution >= 4 is 17.7 Å². The van der Waals surface area contributed by atoms with Gasteiger partial charge in [0.2, 0.25) is 0 Å². The molecule has 1 amide bonds. The molecule has 3 nitrogen and oxygen atoms in total. The van der Waals surface area contributed by atoms with E-state index in [-0.39, 0.29) is 11.7 Å². The van der Waals surface area contributed by atoms with Crippen LogP contribution >= 0.6 is 11.8 Å². The van der Waals surface area contributed by atoms with Crippen LogP contribution in [-0.2, 0) is 0 Å². The van der Waals surface area contributed by atoms with Crippen LogP contribution in [0.5, 0.6) is 0 Å². The van der Waals surface area contributed by atoms with Gasteiger partial charge >= 0.3 is 0 Å². The van der Waals surface area contributed by atoms with Crippen LogP contribution in [-0.4, -0.2) is 22.3 Å². The van der Waals surface area contributed by atoms with Crippen LogP contribution in [0.2, 0.25) is 0 Å². The standard InChI is InChI=1S/C19H22FNO2S/c1-12(2)24-17-7-5-4-6-16(17)19(23)21-13(3)18(22)14-8-10-15(20)11-9-14/h4-13,18,22H,1-3H3,(H,21,23). The van der Waals surface area contributed by atoms with Gasteiger partial charge in [0.05, 0.1) is 17.7 Å². The Bertz CT molecular complexity index is 688. The number of amides is 1. The van der Waals surface area contributed by atoms with Gasteiger partial charge in [0, 0.05) is 10.1 Å². The Morgan fingerprint density at radius 2 is 1.71 bits per heavy atom. The highest BCUT2D eigenvalue weighted by molar-refractivity contribution is 8.00. The van der Waals surface area contributed by atoms with E-state index in [1.807, 2.05) is 18.2 Å². The molecule has 5 heteroatoms. The minimum atomic E-state index is -0.903. The molecule has 128 valence electrons. The topological polar surface area (TPSA) is 49.3 Å². The summed E-state index contributed by atoms with van der Waals surface area (Å²) in [5.74, 6) is -0.588. The van der Waals surface area contributed by atoms with Crippen molar-refractivity contribution < 1.29 is 14.3 Å². The maximum atomic E-state index is 13.0. The molecule has 2 aromatic rings. The second-order valence-electron chi connectivity index (χ2n) is 5.92. The molecule has 0 radical (unpaired) electrons. The average molecular weight is 347 g/mol. The van der Waals surface area contributed by atoms with Gasteiger partial charge in [0.1, 0.15) is 5.82 Å². The van der Waals surface area contributed by atoms with Crippen molar-refractivity contribution in [2.45, 2.75) is 43.1 Å². The van der Waals surface area contributed by atoms with Crippen molar-refractivity contribution in [2.24, 2.45) is 0 Å². The molecule has 0 aliphatic carbocycles. The Morgan fingerprint density at radius 1 is 1.08 bits per heavy atom. The number of thioether (sulfide) groups is 1. The van der Waals surface area contributed by atoms with Gasteiger partial charge in [0.25, 0.3) is 5.91 Å². The summed E-state index contributed by atoms with van der Waals surface area (Å²) in [7, 11) is 0. The molecule has 2 unspecified atom stereocenters. The van der Waals surface area contributed by atoms with Crippen molar-refractivity contribution in [1.29, 1.82) is 0 Å². The second-order valence-corrected chi connectivity index (χ2v) is 7.54. The predicted octanol–water partition coefficient (Wildman–Crippen LogP) is 4.18. The Balaban J connectivity index is 2.10. The smallest absolute Gasteiger partial charge is 0.252 e. The fraction of sp³-hybridized carbons (Fsp3) is 0.316. The Hall–Kier alpha value is -1.85. The van der Waals surface area contributed by atoms with Gasteiger partial charge in [0.15, 0.2) is 0 Å². The van der Waals surface area contributed by atoms with Gasteiger partial charge < -0.3 is 10.4 Å². The van der Waals surface area contributed by atoms with Gasteiger partial charge in [-0.3, -0.25) is 4.79 Å². The number of hydrogen-bond acceptors (Lipinski definition) is 3. The highest BCUT2D eigenvalue weighted by Crippen LogP contribution is 2.27. The summed E-state index contributed by atoms with van der Waals surface area (Å²) in [6.45, 7) is 5.87. The van der Waals surface area contributed by atoms with E-state index in [1.54, 1.807) is 24.8 Å². The van der Waals surface area contributed by atoms with E-state index in [0.29, 0.717) is 16.4 Å². The summed E-state index contributed by atoms with van der Waals surface area (Å²) in [6, 6.07) is 12.5. The number of hydrogen-bond donors (Lipinski definition) is 2. The Morgan fingerprint density at radius 3 is 2.33 bits per heavy atom. The second kappa shape index (κ2) is 8.31. The molecule has 0 saturated carbocycles. The average Bonchev–Trinajstić information content (AvgIpc) is 2.54. The number of carbonyl (C=O) groups excluding carboxylic acids is 1. The molecule has 0 aliphatic rings. The van der Waals surface area contributed by atoms with E-state index in [9.17, 15) is 14.3 Å². The molecule has 0 aliphatic heterocycles. The lowest BCUT2D eigenvalue weighted by Gasteiger charge is -2.21. The fourth-order valence-electron chi connectivity index (χ4n) is 2.32. The van der Waals surface area contributed by atoms with Gasteiger partial charge in [-0.2, -0.15) is 0 Å². The molecule has 0 saturated heterocycles. The number of aliphatic hydroxyl groups is 1. The molecular formula is C19H22FNO2S. The van der Waals surface area contributed by atoms with Crippen LogP contribution in [0.4, 0.5) is 4.39 Å². The maximum absolute atomic E-state index is 13.0. The molecule has 2 N–H and O–H groups in total. The summed E-state index contributed by atoms with van der Waals surface area (Å²) in [5.41, 5.74) is 1.16. The quantitative estimate of drug-likeness (QED) is 0.771. The van der Waals surface area contributed by atoms with Crippen molar-refractivity contribution in [3.63, 3.8) is 0 Å². The molecule has 0 heterocycles. The van der Waals surface area contributed by atoms with E-state index in [0.717, 1.165) is 4.90 Å². The highest BCUT2D eigenvalue weighted by atomic mass is 32.2. The highest BCUT2D eigenvalue weighted by Gasteiger charge is 2.20. The molecule has 0 aromatic heterocycles. The molecule has 24 heavy (non-hydrogen) atoms. The van der Waals surface area contributed by atoms with Crippen molar-refractivity contribution in [2.75, 3.05) is 0 Å². The van der Waals surface area contributed by atoms with Crippen LogP contribution in [0, 0.1) is 5.82 Å². The first-order chi connectivity index (χ1) is 11.4. The number of nitrogens with one attached hydrogen (secondary N) is 1. The Labute approximate surface area is 146 Å². The van der Waals surface area contributed by atoms with Crippen LogP contribution in [0.1, 0.15) is 42.8 Å². The van der Waals surface area contributed by atoms with Crippen LogP contribution in [0.15, 0.2) is 53.4 Å². The zero-order valence-corrected chi connectivity index (χ0v) is 14.8. The lowest BCUT2D eigenvalue weighted by molar-refractivity contribution is 0.0849. The van der Waals surface area contributed by atoms with E-state index >= 15 is 0 Å². The van der Waals surface area contributed by atoms with Crippen LogP contribution < -0.4 is 5.32 Å². The fourth-order valence-corrected chi connectivity index (χ4v) is 3.28. The monoisotopic (exact) mass is 347 g/mol. The van der Waals surface area contributed by atoms with Crippen molar-refractivity contribution in [3.8, 4) is 0 Å². The predicted molar refractivity (Wildman–Crippen MR) is 95.7 cm³/mol. The van der Waals surface area contributed by atoms with E-state index in [2.05, 4.69) is 19.2 Å². The van der Waals surface area contributed by atoms with Crippen LogP contribution in [0.25, 0.3) is 0 Å². The lowest BCUT2D eigenvalue weighted by Crippen LogP contribution is -2.37. The first-order valence-corrected chi connectivity index (χ1v) is 8.76. The number of aliphatic hydroxyl groups excluding tert-OH is 1. The number of carbonyl (C=O) groups is 1.